The average molecular weight is 536 g/mol. The first kappa shape index (κ1) is 32.8. The van der Waals surface area contributed by atoms with Gasteiger partial charge < -0.3 is 20.3 Å². The van der Waals surface area contributed by atoms with Crippen molar-refractivity contribution in [3.8, 4) is 0 Å². The number of carbonyl (C=O) groups excluding carboxylic acids is 3. The zero-order chi connectivity index (χ0) is 27.8. The molecule has 1 aromatic rings. The summed E-state index contributed by atoms with van der Waals surface area (Å²) in [5.74, 6) is -0.459. The predicted octanol–water partition coefficient (Wildman–Crippen LogP) is 5.96. The topological polar surface area (TPSA) is 87.7 Å². The van der Waals surface area contributed by atoms with E-state index in [9.17, 15) is 14.4 Å². The number of thiol groups is 1. The second-order valence-corrected chi connectivity index (χ2v) is 10.9. The normalized spacial score (nSPS) is 12.9. The Bertz CT molecular complexity index is 841. The minimum atomic E-state index is -0.923. The largest absolute Gasteiger partial charge is 0.444 e. The van der Waals surface area contributed by atoms with E-state index in [1.807, 2.05) is 31.2 Å². The molecular formula is C29H49N3O4S. The molecule has 1 rings (SSSR count). The van der Waals surface area contributed by atoms with Crippen LogP contribution < -0.4 is 10.6 Å². The Balaban J connectivity index is 3.31. The molecule has 3 amide bonds. The fourth-order valence-corrected chi connectivity index (χ4v) is 4.36. The van der Waals surface area contributed by atoms with Gasteiger partial charge in [0.15, 0.2) is 0 Å². The molecule has 8 heteroatoms. The van der Waals surface area contributed by atoms with E-state index >= 15 is 0 Å². The average Bonchev–Trinajstić information content (AvgIpc) is 2.83. The number of aryl methyl sites for hydroxylation is 1. The number of ether oxygens (including phenoxy) is 1. The van der Waals surface area contributed by atoms with Crippen LogP contribution >= 0.6 is 12.6 Å². The van der Waals surface area contributed by atoms with Crippen LogP contribution in [0.1, 0.15) is 103 Å². The molecular weight excluding hydrogens is 486 g/mol. The molecule has 0 aromatic heterocycles. The third-order valence-corrected chi connectivity index (χ3v) is 6.45. The standard InChI is InChI=1S/C29H49N3O4S/c1-7-9-11-12-16-20-32(27(34)24(21-37)31-28(35)36-29(4,5)6)25(23-18-14-13-17-22(23)3)26(33)30-19-15-10-8-2/h13-14,17-18,24-25,37H,7-12,15-16,19-21H2,1-6H3,(H,30,33)(H,31,35). The molecule has 0 aliphatic rings. The Morgan fingerprint density at radius 3 is 2.19 bits per heavy atom. The van der Waals surface area contributed by atoms with Crippen LogP contribution in [-0.2, 0) is 14.3 Å². The van der Waals surface area contributed by atoms with Crippen molar-refractivity contribution in [3.05, 3.63) is 35.4 Å². The second kappa shape index (κ2) is 17.3. The zero-order valence-electron chi connectivity index (χ0n) is 23.8. The van der Waals surface area contributed by atoms with Gasteiger partial charge in [0.1, 0.15) is 17.7 Å². The van der Waals surface area contributed by atoms with Crippen molar-refractivity contribution in [1.29, 1.82) is 0 Å². The quantitative estimate of drug-likeness (QED) is 0.180. The highest BCUT2D eigenvalue weighted by atomic mass is 32.1. The highest BCUT2D eigenvalue weighted by molar-refractivity contribution is 7.80. The van der Waals surface area contributed by atoms with Gasteiger partial charge in [-0.2, -0.15) is 12.6 Å². The number of nitrogens with one attached hydrogen (secondary N) is 2. The molecule has 0 radical (unpaired) electrons. The summed E-state index contributed by atoms with van der Waals surface area (Å²) >= 11 is 4.36. The molecule has 2 unspecified atom stereocenters. The molecule has 0 aliphatic heterocycles. The lowest BCUT2D eigenvalue weighted by Gasteiger charge is -2.35. The molecule has 0 heterocycles. The van der Waals surface area contributed by atoms with Gasteiger partial charge in [-0.3, -0.25) is 9.59 Å². The number of nitrogens with zero attached hydrogens (tertiary/aromatic N) is 1. The van der Waals surface area contributed by atoms with E-state index in [2.05, 4.69) is 37.1 Å². The summed E-state index contributed by atoms with van der Waals surface area (Å²) in [5.41, 5.74) is 1.02. The molecule has 37 heavy (non-hydrogen) atoms. The zero-order valence-corrected chi connectivity index (χ0v) is 24.7. The van der Waals surface area contributed by atoms with E-state index in [0.717, 1.165) is 62.5 Å². The van der Waals surface area contributed by atoms with Crippen molar-refractivity contribution in [2.45, 2.75) is 111 Å². The molecule has 0 saturated heterocycles. The maximum absolute atomic E-state index is 13.9. The number of carbonyl (C=O) groups is 3. The van der Waals surface area contributed by atoms with E-state index in [4.69, 9.17) is 4.74 Å². The van der Waals surface area contributed by atoms with E-state index < -0.39 is 23.8 Å². The fraction of sp³-hybridized carbons (Fsp3) is 0.690. The number of benzene rings is 1. The summed E-state index contributed by atoms with van der Waals surface area (Å²) < 4.78 is 5.38. The van der Waals surface area contributed by atoms with Gasteiger partial charge in [-0.25, -0.2) is 4.79 Å². The van der Waals surface area contributed by atoms with Crippen LogP contribution in [0.15, 0.2) is 24.3 Å². The van der Waals surface area contributed by atoms with Crippen molar-refractivity contribution in [2.75, 3.05) is 18.8 Å². The highest BCUT2D eigenvalue weighted by Gasteiger charge is 2.36. The maximum Gasteiger partial charge on any atom is 0.408 e. The van der Waals surface area contributed by atoms with Gasteiger partial charge in [0.25, 0.3) is 0 Å². The van der Waals surface area contributed by atoms with Crippen LogP contribution in [0.3, 0.4) is 0 Å². The Morgan fingerprint density at radius 2 is 1.59 bits per heavy atom. The van der Waals surface area contributed by atoms with Crippen LogP contribution in [-0.4, -0.2) is 53.3 Å². The first-order valence-electron chi connectivity index (χ1n) is 13.8. The van der Waals surface area contributed by atoms with Gasteiger partial charge in [-0.1, -0.05) is 76.6 Å². The molecule has 0 bridgehead atoms. The van der Waals surface area contributed by atoms with Crippen molar-refractivity contribution in [2.24, 2.45) is 0 Å². The van der Waals surface area contributed by atoms with Gasteiger partial charge in [0.05, 0.1) is 0 Å². The molecule has 0 fully saturated rings. The fourth-order valence-electron chi connectivity index (χ4n) is 4.12. The summed E-state index contributed by atoms with van der Waals surface area (Å²) in [5, 5.41) is 5.73. The number of hydrogen-bond acceptors (Lipinski definition) is 5. The van der Waals surface area contributed by atoms with Crippen molar-refractivity contribution >= 4 is 30.5 Å². The minimum Gasteiger partial charge on any atom is -0.444 e. The third kappa shape index (κ3) is 12.2. The Morgan fingerprint density at radius 1 is 0.973 bits per heavy atom. The van der Waals surface area contributed by atoms with E-state index in [1.165, 1.54) is 0 Å². The summed E-state index contributed by atoms with van der Waals surface area (Å²) in [6, 6.07) is 5.94. The van der Waals surface area contributed by atoms with Crippen LogP contribution in [0.5, 0.6) is 0 Å². The molecule has 2 N–H and O–H groups in total. The second-order valence-electron chi connectivity index (χ2n) is 10.6. The van der Waals surface area contributed by atoms with Crippen molar-refractivity contribution in [3.63, 3.8) is 0 Å². The monoisotopic (exact) mass is 535 g/mol. The van der Waals surface area contributed by atoms with Gasteiger partial charge in [-0.15, -0.1) is 0 Å². The predicted molar refractivity (Wildman–Crippen MR) is 154 cm³/mol. The number of amides is 3. The van der Waals surface area contributed by atoms with Crippen LogP contribution in [0.2, 0.25) is 0 Å². The lowest BCUT2D eigenvalue weighted by Crippen LogP contribution is -2.54. The molecule has 210 valence electrons. The SMILES string of the molecule is CCCCCCCN(C(=O)C(CS)NC(=O)OC(C)(C)C)C(C(=O)NCCCCC)c1ccccc1C. The number of rotatable bonds is 16. The van der Waals surface area contributed by atoms with Crippen molar-refractivity contribution < 1.29 is 19.1 Å². The smallest absolute Gasteiger partial charge is 0.408 e. The molecule has 7 nitrogen and oxygen atoms in total. The van der Waals surface area contributed by atoms with E-state index in [1.54, 1.807) is 25.7 Å². The Labute approximate surface area is 229 Å². The molecule has 0 aliphatic carbocycles. The number of hydrogen-bond donors (Lipinski definition) is 3. The first-order chi connectivity index (χ1) is 17.6. The molecule has 0 spiro atoms. The lowest BCUT2D eigenvalue weighted by molar-refractivity contribution is -0.142. The molecule has 0 saturated carbocycles. The van der Waals surface area contributed by atoms with Crippen LogP contribution in [0.25, 0.3) is 0 Å². The van der Waals surface area contributed by atoms with E-state index in [-0.39, 0.29) is 17.6 Å². The Hall–Kier alpha value is -2.22. The summed E-state index contributed by atoms with van der Waals surface area (Å²) in [4.78, 5) is 41.7. The number of alkyl carbamates (subject to hydrolysis) is 1. The van der Waals surface area contributed by atoms with Crippen LogP contribution in [0, 0.1) is 6.92 Å². The van der Waals surface area contributed by atoms with Crippen molar-refractivity contribution in [1.82, 2.24) is 15.5 Å². The number of unbranched alkanes of at least 4 members (excludes halogenated alkanes) is 6. The molecule has 2 atom stereocenters. The summed E-state index contributed by atoms with van der Waals surface area (Å²) in [6.45, 7) is 12.5. The van der Waals surface area contributed by atoms with Gasteiger partial charge in [0.2, 0.25) is 11.8 Å². The van der Waals surface area contributed by atoms with E-state index in [0.29, 0.717) is 13.1 Å². The molecule has 1 aromatic carbocycles. The summed E-state index contributed by atoms with van der Waals surface area (Å²) in [7, 11) is 0. The lowest BCUT2D eigenvalue weighted by atomic mass is 9.97. The Kier molecular flexibility index (Phi) is 15.4. The van der Waals surface area contributed by atoms with Gasteiger partial charge >= 0.3 is 6.09 Å². The van der Waals surface area contributed by atoms with Gasteiger partial charge in [0, 0.05) is 18.8 Å². The third-order valence-electron chi connectivity index (χ3n) is 6.08. The first-order valence-corrected chi connectivity index (χ1v) is 14.4. The minimum absolute atomic E-state index is 0.0863. The van der Waals surface area contributed by atoms with Gasteiger partial charge in [-0.05, 0) is 51.7 Å². The summed E-state index contributed by atoms with van der Waals surface area (Å²) in [6.07, 6.45) is 7.33. The van der Waals surface area contributed by atoms with Crippen LogP contribution in [0.4, 0.5) is 4.79 Å². The highest BCUT2D eigenvalue weighted by Crippen LogP contribution is 2.26. The maximum atomic E-state index is 13.9.